The van der Waals surface area contributed by atoms with Crippen molar-refractivity contribution in [3.05, 3.63) is 76.3 Å². The number of rotatable bonds is 4. The largest absolute Gasteiger partial charge is 0.436 e. The molecule has 30 heavy (non-hydrogen) atoms. The van der Waals surface area contributed by atoms with Crippen molar-refractivity contribution >= 4 is 34.9 Å². The Labute approximate surface area is 182 Å². The number of anilines is 1. The van der Waals surface area contributed by atoms with Crippen LogP contribution in [0.5, 0.6) is 11.6 Å². The van der Waals surface area contributed by atoms with Gasteiger partial charge in [0.05, 0.1) is 10.6 Å². The number of piperazine rings is 1. The van der Waals surface area contributed by atoms with Gasteiger partial charge >= 0.3 is 0 Å². The van der Waals surface area contributed by atoms with Crippen molar-refractivity contribution in [2.75, 3.05) is 31.1 Å². The molecule has 0 bridgehead atoms. The first kappa shape index (κ1) is 20.4. The summed E-state index contributed by atoms with van der Waals surface area (Å²) in [5.74, 6) is 0.216. The van der Waals surface area contributed by atoms with E-state index in [-0.39, 0.29) is 22.6 Å². The van der Waals surface area contributed by atoms with Gasteiger partial charge < -0.3 is 14.5 Å². The summed E-state index contributed by atoms with van der Waals surface area (Å²) in [5.41, 5.74) is 0.496. The van der Waals surface area contributed by atoms with Crippen LogP contribution < -0.4 is 9.64 Å². The molecule has 0 aliphatic carbocycles. The Balaban J connectivity index is 1.42. The van der Waals surface area contributed by atoms with Crippen LogP contribution in [0.25, 0.3) is 0 Å². The van der Waals surface area contributed by atoms with Gasteiger partial charge in [0, 0.05) is 37.3 Å². The van der Waals surface area contributed by atoms with E-state index in [1.807, 2.05) is 4.90 Å². The second kappa shape index (κ2) is 8.85. The highest BCUT2D eigenvalue weighted by molar-refractivity contribution is 6.33. The minimum Gasteiger partial charge on any atom is -0.436 e. The monoisotopic (exact) mass is 446 g/mol. The fourth-order valence-corrected chi connectivity index (χ4v) is 3.55. The van der Waals surface area contributed by atoms with Crippen LogP contribution in [0.1, 0.15) is 10.4 Å². The number of hydrogen-bond acceptors (Lipinski definition) is 5. The first-order chi connectivity index (χ1) is 14.5. The van der Waals surface area contributed by atoms with Gasteiger partial charge in [-0.2, -0.15) is 0 Å². The fourth-order valence-electron chi connectivity index (χ4n) is 3.17. The average Bonchev–Trinajstić information content (AvgIpc) is 2.76. The van der Waals surface area contributed by atoms with Crippen LogP contribution in [-0.2, 0) is 0 Å². The molecule has 2 heterocycles. The Morgan fingerprint density at radius 3 is 2.50 bits per heavy atom. The molecule has 1 aliphatic rings. The van der Waals surface area contributed by atoms with E-state index in [1.165, 1.54) is 24.5 Å². The predicted molar refractivity (Wildman–Crippen MR) is 113 cm³/mol. The normalized spacial score (nSPS) is 14.0. The second-order valence-electron chi connectivity index (χ2n) is 6.65. The highest BCUT2D eigenvalue weighted by Gasteiger charge is 2.24. The third-order valence-corrected chi connectivity index (χ3v) is 5.30. The van der Waals surface area contributed by atoms with E-state index in [0.717, 1.165) is 0 Å². The molecule has 0 saturated carbocycles. The summed E-state index contributed by atoms with van der Waals surface area (Å²) < 4.78 is 19.5. The summed E-state index contributed by atoms with van der Waals surface area (Å²) in [4.78, 5) is 24.8. The Kier molecular flexibility index (Phi) is 6.01. The summed E-state index contributed by atoms with van der Waals surface area (Å²) in [6.45, 7) is 2.22. The Hall–Kier alpha value is -2.90. The lowest BCUT2D eigenvalue weighted by atomic mass is 10.2. The molecule has 9 heteroatoms. The molecule has 0 spiro atoms. The minimum absolute atomic E-state index is 0.0270. The van der Waals surface area contributed by atoms with E-state index >= 15 is 0 Å². The second-order valence-corrected chi connectivity index (χ2v) is 7.49. The van der Waals surface area contributed by atoms with Crippen LogP contribution in [-0.4, -0.2) is 47.0 Å². The number of ether oxygens (including phenoxy) is 1. The third-order valence-electron chi connectivity index (χ3n) is 4.73. The van der Waals surface area contributed by atoms with Crippen LogP contribution in [0.4, 0.5) is 10.2 Å². The number of carbonyl (C=O) groups is 1. The summed E-state index contributed by atoms with van der Waals surface area (Å²) in [7, 11) is 0. The number of benzene rings is 2. The van der Waals surface area contributed by atoms with Crippen molar-refractivity contribution in [1.82, 2.24) is 14.9 Å². The SMILES string of the molecule is O=C(c1ccccc1Cl)N1CCN(c2cc(Oc3ccc(Cl)cc3F)ncn2)CC1. The van der Waals surface area contributed by atoms with Gasteiger partial charge in [-0.25, -0.2) is 14.4 Å². The molecule has 1 amide bonds. The average molecular weight is 447 g/mol. The lowest BCUT2D eigenvalue weighted by Gasteiger charge is -2.35. The predicted octanol–water partition coefficient (Wildman–Crippen LogP) is 4.68. The van der Waals surface area contributed by atoms with Gasteiger partial charge in [-0.3, -0.25) is 4.79 Å². The maximum atomic E-state index is 14.0. The van der Waals surface area contributed by atoms with Gasteiger partial charge in [-0.1, -0.05) is 35.3 Å². The summed E-state index contributed by atoms with van der Waals surface area (Å²) in [6, 6.07) is 12.8. The van der Waals surface area contributed by atoms with Crippen molar-refractivity contribution < 1.29 is 13.9 Å². The first-order valence-corrected chi connectivity index (χ1v) is 10.0. The van der Waals surface area contributed by atoms with Crippen LogP contribution in [0, 0.1) is 5.82 Å². The molecule has 1 saturated heterocycles. The van der Waals surface area contributed by atoms with E-state index in [2.05, 4.69) is 9.97 Å². The van der Waals surface area contributed by atoms with Gasteiger partial charge in [-0.05, 0) is 30.3 Å². The molecule has 2 aromatic carbocycles. The fraction of sp³-hybridized carbons (Fsp3) is 0.190. The lowest BCUT2D eigenvalue weighted by molar-refractivity contribution is 0.0746. The molecule has 0 radical (unpaired) electrons. The van der Waals surface area contributed by atoms with Crippen LogP contribution in [0.3, 0.4) is 0 Å². The van der Waals surface area contributed by atoms with Crippen LogP contribution in [0.2, 0.25) is 10.0 Å². The molecular formula is C21H17Cl2FN4O2. The Morgan fingerprint density at radius 2 is 1.77 bits per heavy atom. The number of halogens is 3. The molecule has 0 atom stereocenters. The zero-order chi connectivity index (χ0) is 21.1. The standard InChI is InChI=1S/C21H17Cl2FN4O2/c22-14-5-6-18(17(24)11-14)30-20-12-19(25-13-26-20)27-7-9-28(10-8-27)21(29)15-3-1-2-4-16(15)23/h1-6,11-13H,7-10H2. The molecule has 0 unspecified atom stereocenters. The summed E-state index contributed by atoms with van der Waals surface area (Å²) in [6.07, 6.45) is 1.36. The minimum atomic E-state index is -0.575. The molecule has 6 nitrogen and oxygen atoms in total. The molecular weight excluding hydrogens is 430 g/mol. The maximum Gasteiger partial charge on any atom is 0.255 e. The number of carbonyl (C=O) groups excluding carboxylic acids is 1. The van der Waals surface area contributed by atoms with Gasteiger partial charge in [0.25, 0.3) is 5.91 Å². The van der Waals surface area contributed by atoms with E-state index in [9.17, 15) is 9.18 Å². The van der Waals surface area contributed by atoms with Crippen LogP contribution >= 0.6 is 23.2 Å². The van der Waals surface area contributed by atoms with Crippen LogP contribution in [0.15, 0.2) is 54.9 Å². The van der Waals surface area contributed by atoms with E-state index < -0.39 is 5.82 Å². The summed E-state index contributed by atoms with van der Waals surface area (Å²) in [5, 5.41) is 0.726. The van der Waals surface area contributed by atoms with Gasteiger partial charge in [-0.15, -0.1) is 0 Å². The maximum absolute atomic E-state index is 14.0. The van der Waals surface area contributed by atoms with Gasteiger partial charge in [0.15, 0.2) is 11.6 Å². The van der Waals surface area contributed by atoms with Gasteiger partial charge in [0.1, 0.15) is 12.1 Å². The zero-order valence-electron chi connectivity index (χ0n) is 15.8. The molecule has 154 valence electrons. The summed E-state index contributed by atoms with van der Waals surface area (Å²) >= 11 is 11.9. The topological polar surface area (TPSA) is 58.6 Å². The molecule has 1 aliphatic heterocycles. The Bertz CT molecular complexity index is 1070. The quantitative estimate of drug-likeness (QED) is 0.582. The van der Waals surface area contributed by atoms with Gasteiger partial charge in [0.2, 0.25) is 5.88 Å². The molecule has 4 rings (SSSR count). The van der Waals surface area contributed by atoms with Crippen molar-refractivity contribution in [2.45, 2.75) is 0 Å². The van der Waals surface area contributed by atoms with E-state index in [1.54, 1.807) is 35.2 Å². The molecule has 3 aromatic rings. The number of hydrogen-bond donors (Lipinski definition) is 0. The van der Waals surface area contributed by atoms with Crippen molar-refractivity contribution in [2.24, 2.45) is 0 Å². The van der Waals surface area contributed by atoms with Crippen molar-refractivity contribution in [1.29, 1.82) is 0 Å². The highest BCUT2D eigenvalue weighted by Crippen LogP contribution is 2.27. The van der Waals surface area contributed by atoms with Crippen molar-refractivity contribution in [3.63, 3.8) is 0 Å². The third kappa shape index (κ3) is 4.47. The molecule has 1 fully saturated rings. The highest BCUT2D eigenvalue weighted by atomic mass is 35.5. The number of nitrogens with zero attached hydrogens (tertiary/aromatic N) is 4. The first-order valence-electron chi connectivity index (χ1n) is 9.25. The zero-order valence-corrected chi connectivity index (χ0v) is 17.3. The number of amides is 1. The smallest absolute Gasteiger partial charge is 0.255 e. The number of aromatic nitrogens is 2. The Morgan fingerprint density at radius 1 is 1.00 bits per heavy atom. The van der Waals surface area contributed by atoms with E-state index in [0.29, 0.717) is 42.6 Å². The molecule has 0 N–H and O–H groups in total. The molecule has 1 aromatic heterocycles. The van der Waals surface area contributed by atoms with Crippen molar-refractivity contribution in [3.8, 4) is 11.6 Å². The van der Waals surface area contributed by atoms with E-state index in [4.69, 9.17) is 27.9 Å². The lowest BCUT2D eigenvalue weighted by Crippen LogP contribution is -2.49.